The minimum absolute atomic E-state index is 0.0222. The van der Waals surface area contributed by atoms with Crippen LogP contribution in [0.2, 0.25) is 6.32 Å². The molecule has 0 spiro atoms. The predicted molar refractivity (Wildman–Crippen MR) is 178 cm³/mol. The third-order valence-electron chi connectivity index (χ3n) is 10.3. The molecule has 12 nitrogen and oxygen atoms in total. The van der Waals surface area contributed by atoms with Gasteiger partial charge in [-0.1, -0.05) is 19.9 Å². The molecule has 2 bridgehead atoms. The highest BCUT2D eigenvalue weighted by Crippen LogP contribution is 2.65. The Hall–Kier alpha value is -2.87. The maximum Gasteiger partial charge on any atom is 0.514 e. The van der Waals surface area contributed by atoms with E-state index in [2.05, 4.69) is 20.8 Å². The van der Waals surface area contributed by atoms with Gasteiger partial charge in [0, 0.05) is 0 Å². The van der Waals surface area contributed by atoms with Crippen LogP contribution < -0.4 is 15.2 Å². The molecule has 2 saturated heterocycles. The molecular formula is C35H53BN2O10. The zero-order valence-corrected chi connectivity index (χ0v) is 30.1. The molecule has 1 amide bonds. The van der Waals surface area contributed by atoms with Gasteiger partial charge in [-0.3, -0.25) is 4.79 Å². The molecule has 1 aromatic carbocycles. The van der Waals surface area contributed by atoms with E-state index in [0.29, 0.717) is 30.1 Å². The molecule has 48 heavy (non-hydrogen) atoms. The third kappa shape index (κ3) is 7.34. The molecule has 5 aliphatic rings. The highest BCUT2D eigenvalue weighted by molar-refractivity contribution is 6.45. The molecule has 0 aromatic heterocycles. The Labute approximate surface area is 284 Å². The Morgan fingerprint density at radius 2 is 1.71 bits per heavy atom. The first-order valence-corrected chi connectivity index (χ1v) is 17.1. The van der Waals surface area contributed by atoms with E-state index in [1.165, 1.54) is 11.8 Å². The van der Waals surface area contributed by atoms with Crippen LogP contribution in [0.15, 0.2) is 12.1 Å². The highest BCUT2D eigenvalue weighted by atomic mass is 16.7. The van der Waals surface area contributed by atoms with E-state index in [9.17, 15) is 19.5 Å². The zero-order chi connectivity index (χ0) is 35.6. The molecule has 2 aliphatic heterocycles. The Bertz CT molecular complexity index is 1410. The summed E-state index contributed by atoms with van der Waals surface area (Å²) in [4.78, 5) is 41.0. The molecule has 0 unspecified atom stereocenters. The van der Waals surface area contributed by atoms with Gasteiger partial charge in [0.15, 0.2) is 5.75 Å². The normalized spacial score (nSPS) is 27.6. The van der Waals surface area contributed by atoms with Gasteiger partial charge in [-0.25, -0.2) is 9.59 Å². The van der Waals surface area contributed by atoms with Gasteiger partial charge >= 0.3 is 19.2 Å². The molecule has 3 saturated carbocycles. The van der Waals surface area contributed by atoms with Crippen LogP contribution in [-0.2, 0) is 30.0 Å². The van der Waals surface area contributed by atoms with Crippen molar-refractivity contribution in [3.8, 4) is 11.5 Å². The van der Waals surface area contributed by atoms with Gasteiger partial charge < -0.3 is 44.0 Å². The first-order valence-electron chi connectivity index (χ1n) is 17.1. The summed E-state index contributed by atoms with van der Waals surface area (Å²) in [5, 5.41) is 9.74. The van der Waals surface area contributed by atoms with Crippen molar-refractivity contribution < 1.29 is 47.7 Å². The van der Waals surface area contributed by atoms with E-state index >= 15 is 0 Å². The number of likely N-dealkylation sites (tertiary alicyclic amines) is 1. The summed E-state index contributed by atoms with van der Waals surface area (Å²) in [6, 6.07) is 2.35. The van der Waals surface area contributed by atoms with Crippen molar-refractivity contribution in [3.05, 3.63) is 23.3 Å². The summed E-state index contributed by atoms with van der Waals surface area (Å²) in [6.07, 6.45) is 0.505. The standard InChI is InChI=1S/C35H53BN2O10/c1-19(39)27(37)29(40)38-17-22(18-38)43-23-12-11-20(13-14-36-47-25-16-21-15-24(34(21,8)9)35(25,10)48-36)28(44-31(42)46-33(5,6)7)26(23)30(41)45-32(2,3)4/h11-12,19,21-22,24-25,27,39H,13-18,37H2,1-10H3/t19-,21+,24+,25-,27+,35+/m1/s1. The smallest absolute Gasteiger partial charge is 0.486 e. The molecule has 13 heteroatoms. The van der Waals surface area contributed by atoms with E-state index in [0.717, 1.165) is 12.8 Å². The molecule has 266 valence electrons. The lowest BCUT2D eigenvalue weighted by molar-refractivity contribution is -0.199. The van der Waals surface area contributed by atoms with Crippen molar-refractivity contribution in [1.82, 2.24) is 4.90 Å². The number of aliphatic hydroxyl groups is 1. The molecular weight excluding hydrogens is 619 g/mol. The van der Waals surface area contributed by atoms with E-state index in [1.807, 2.05) is 0 Å². The average Bonchev–Trinajstić information content (AvgIpc) is 3.27. The number of aryl methyl sites for hydroxylation is 1. The van der Waals surface area contributed by atoms with Crippen molar-refractivity contribution in [2.45, 2.75) is 136 Å². The molecule has 5 fully saturated rings. The fourth-order valence-corrected chi connectivity index (χ4v) is 7.53. The van der Waals surface area contributed by atoms with Crippen LogP contribution in [0.4, 0.5) is 4.79 Å². The second kappa shape index (κ2) is 12.8. The zero-order valence-electron chi connectivity index (χ0n) is 30.1. The van der Waals surface area contributed by atoms with Gasteiger partial charge in [-0.15, -0.1) is 0 Å². The number of hydrogen-bond donors (Lipinski definition) is 2. The molecule has 3 aliphatic carbocycles. The minimum atomic E-state index is -1.05. The van der Waals surface area contributed by atoms with Crippen LogP contribution in [0.5, 0.6) is 11.5 Å². The lowest BCUT2D eigenvalue weighted by Crippen LogP contribution is -2.65. The van der Waals surface area contributed by atoms with Crippen molar-refractivity contribution in [1.29, 1.82) is 0 Å². The number of rotatable bonds is 9. The number of nitrogens with two attached hydrogens (primary N) is 1. The number of carbonyl (C=O) groups is 3. The quantitative estimate of drug-likeness (QED) is 0.216. The maximum atomic E-state index is 13.8. The number of benzene rings is 1. The molecule has 0 radical (unpaired) electrons. The van der Waals surface area contributed by atoms with Gasteiger partial charge in [0.1, 0.15) is 34.7 Å². The number of hydrogen-bond acceptors (Lipinski definition) is 11. The van der Waals surface area contributed by atoms with Gasteiger partial charge in [0.2, 0.25) is 5.91 Å². The second-order valence-electron chi connectivity index (χ2n) is 16.7. The minimum Gasteiger partial charge on any atom is -0.486 e. The number of amides is 1. The van der Waals surface area contributed by atoms with Crippen molar-refractivity contribution in [2.75, 3.05) is 13.1 Å². The van der Waals surface area contributed by atoms with Gasteiger partial charge in [-0.2, -0.15) is 0 Å². The predicted octanol–water partition coefficient (Wildman–Crippen LogP) is 4.52. The number of ether oxygens (including phenoxy) is 4. The lowest BCUT2D eigenvalue weighted by atomic mass is 9.43. The molecule has 1 aromatic rings. The first kappa shape index (κ1) is 36.4. The van der Waals surface area contributed by atoms with Crippen LogP contribution in [0.3, 0.4) is 0 Å². The molecule has 3 N–H and O–H groups in total. The van der Waals surface area contributed by atoms with Gasteiger partial charge in [0.05, 0.1) is 30.9 Å². The maximum absolute atomic E-state index is 13.8. The summed E-state index contributed by atoms with van der Waals surface area (Å²) in [5.74, 6) is 0.0151. The number of carbonyl (C=O) groups excluding carboxylic acids is 3. The van der Waals surface area contributed by atoms with Crippen molar-refractivity contribution in [2.24, 2.45) is 23.0 Å². The monoisotopic (exact) mass is 672 g/mol. The van der Waals surface area contributed by atoms with Crippen molar-refractivity contribution >= 4 is 25.2 Å². The van der Waals surface area contributed by atoms with E-state index < -0.39 is 54.6 Å². The Balaban J connectivity index is 1.41. The van der Waals surface area contributed by atoms with Crippen LogP contribution in [-0.4, -0.2) is 89.4 Å². The summed E-state index contributed by atoms with van der Waals surface area (Å²) in [6.45, 7) is 19.0. The second-order valence-corrected chi connectivity index (χ2v) is 16.7. The third-order valence-corrected chi connectivity index (χ3v) is 10.3. The summed E-state index contributed by atoms with van der Waals surface area (Å²) in [7, 11) is -0.461. The summed E-state index contributed by atoms with van der Waals surface area (Å²) >= 11 is 0. The largest absolute Gasteiger partial charge is 0.514 e. The number of aliphatic hydroxyl groups excluding tert-OH is 1. The fraction of sp³-hybridized carbons (Fsp3) is 0.743. The van der Waals surface area contributed by atoms with Gasteiger partial charge in [-0.05, 0) is 110 Å². The van der Waals surface area contributed by atoms with Crippen LogP contribution in [0.25, 0.3) is 0 Å². The Morgan fingerprint density at radius 3 is 2.29 bits per heavy atom. The molecule has 6 atom stereocenters. The number of esters is 1. The van der Waals surface area contributed by atoms with E-state index in [4.69, 9.17) is 34.0 Å². The Kier molecular flexibility index (Phi) is 9.70. The van der Waals surface area contributed by atoms with Crippen LogP contribution in [0, 0.1) is 17.3 Å². The topological polar surface area (TPSA) is 156 Å². The van der Waals surface area contributed by atoms with E-state index in [-0.39, 0.29) is 47.3 Å². The average molecular weight is 673 g/mol. The Morgan fingerprint density at radius 1 is 1.06 bits per heavy atom. The SMILES string of the molecule is C[C@@H](O)[C@H](N)C(=O)N1CC(Oc2ccc(CCB3O[C@@H]4C[C@@H]5C[C@@H](C5(C)C)[C@]4(C)O3)c(OC(=O)OC(C)(C)C)c2C(=O)OC(C)(C)C)C1. The first-order chi connectivity index (χ1) is 22.1. The summed E-state index contributed by atoms with van der Waals surface area (Å²) < 4.78 is 36.4. The highest BCUT2D eigenvalue weighted by Gasteiger charge is 2.67. The van der Waals surface area contributed by atoms with E-state index in [1.54, 1.807) is 53.7 Å². The van der Waals surface area contributed by atoms with Gasteiger partial charge in [0.25, 0.3) is 0 Å². The fourth-order valence-electron chi connectivity index (χ4n) is 7.53. The summed E-state index contributed by atoms with van der Waals surface area (Å²) in [5.41, 5.74) is 4.46. The molecule has 2 heterocycles. The van der Waals surface area contributed by atoms with Crippen molar-refractivity contribution in [3.63, 3.8) is 0 Å². The lowest BCUT2D eigenvalue weighted by Gasteiger charge is -2.64. The molecule has 6 rings (SSSR count). The van der Waals surface area contributed by atoms with Crippen LogP contribution >= 0.6 is 0 Å². The van der Waals surface area contributed by atoms with Crippen LogP contribution in [0.1, 0.15) is 98.0 Å². The number of nitrogens with zero attached hydrogens (tertiary/aromatic N) is 1.